The van der Waals surface area contributed by atoms with Crippen LogP contribution in [0, 0.1) is 18.3 Å². The second-order valence-electron chi connectivity index (χ2n) is 6.36. The number of hydrogen-bond acceptors (Lipinski definition) is 5. The van der Waals surface area contributed by atoms with Crippen molar-refractivity contribution in [3.63, 3.8) is 0 Å². The van der Waals surface area contributed by atoms with Gasteiger partial charge in [0.1, 0.15) is 17.3 Å². The number of halogens is 5. The van der Waals surface area contributed by atoms with Crippen molar-refractivity contribution in [3.05, 3.63) is 57.1 Å². The van der Waals surface area contributed by atoms with Gasteiger partial charge in [-0.3, -0.25) is 15.6 Å². The molecule has 11 heteroatoms. The average molecular weight is 457 g/mol. The molecular formula is C19H13Cl2F3N4O2. The van der Waals surface area contributed by atoms with Crippen LogP contribution in [0.3, 0.4) is 0 Å². The molecule has 1 unspecified atom stereocenters. The van der Waals surface area contributed by atoms with Crippen molar-refractivity contribution in [2.45, 2.75) is 25.6 Å². The van der Waals surface area contributed by atoms with Gasteiger partial charge in [-0.25, -0.2) is 4.99 Å². The Morgan fingerprint density at radius 1 is 1.23 bits per heavy atom. The summed E-state index contributed by atoms with van der Waals surface area (Å²) in [6, 6.07) is 7.07. The lowest BCUT2D eigenvalue weighted by atomic mass is 10.0. The first kappa shape index (κ1) is 21.7. The zero-order valence-electron chi connectivity index (χ0n) is 15.3. The summed E-state index contributed by atoms with van der Waals surface area (Å²) in [5.74, 6) is -0.813. The lowest BCUT2D eigenvalue weighted by Crippen LogP contribution is -2.55. The van der Waals surface area contributed by atoms with Crippen molar-refractivity contribution >= 4 is 34.9 Å². The minimum atomic E-state index is -4.80. The fourth-order valence-corrected chi connectivity index (χ4v) is 3.23. The lowest BCUT2D eigenvalue weighted by molar-refractivity contribution is -0.163. The zero-order valence-corrected chi connectivity index (χ0v) is 16.8. The van der Waals surface area contributed by atoms with Gasteiger partial charge in [0.15, 0.2) is 0 Å². The number of nitriles is 1. The third kappa shape index (κ3) is 4.78. The molecule has 2 aromatic carbocycles. The van der Waals surface area contributed by atoms with Crippen LogP contribution in [0.2, 0.25) is 10.0 Å². The van der Waals surface area contributed by atoms with E-state index in [9.17, 15) is 18.0 Å². The molecule has 2 aromatic rings. The van der Waals surface area contributed by atoms with Gasteiger partial charge in [-0.05, 0) is 42.3 Å². The van der Waals surface area contributed by atoms with Gasteiger partial charge in [0.2, 0.25) is 6.04 Å². The van der Waals surface area contributed by atoms with E-state index in [4.69, 9.17) is 33.2 Å². The van der Waals surface area contributed by atoms with Crippen molar-refractivity contribution in [2.24, 2.45) is 4.99 Å². The molecule has 2 N–H and O–H groups in total. The molecule has 0 aliphatic carbocycles. The summed E-state index contributed by atoms with van der Waals surface area (Å²) in [4.78, 5) is 14.9. The predicted octanol–water partition coefficient (Wildman–Crippen LogP) is 4.47. The van der Waals surface area contributed by atoms with Crippen molar-refractivity contribution in [1.29, 1.82) is 5.26 Å². The van der Waals surface area contributed by atoms with Crippen LogP contribution in [0.15, 0.2) is 35.3 Å². The molecule has 1 heterocycles. The van der Waals surface area contributed by atoms with Crippen LogP contribution >= 0.6 is 23.2 Å². The van der Waals surface area contributed by atoms with Gasteiger partial charge in [0, 0.05) is 11.4 Å². The molecule has 0 aromatic heterocycles. The predicted molar refractivity (Wildman–Crippen MR) is 105 cm³/mol. The average Bonchev–Trinajstić information content (AvgIpc) is 2.67. The first-order valence-corrected chi connectivity index (χ1v) is 9.20. The first-order valence-electron chi connectivity index (χ1n) is 8.44. The number of hydrogen-bond donors (Lipinski definition) is 2. The lowest BCUT2D eigenvalue weighted by Gasteiger charge is -2.24. The Bertz CT molecular complexity index is 1080. The molecule has 3 rings (SSSR count). The van der Waals surface area contributed by atoms with Gasteiger partial charge < -0.3 is 4.74 Å². The Kier molecular flexibility index (Phi) is 6.10. The molecule has 1 amide bonds. The van der Waals surface area contributed by atoms with Crippen LogP contribution in [-0.4, -0.2) is 24.0 Å². The number of aliphatic imine (C=N–C) groups is 1. The number of nitrogens with zero attached hydrogens (tertiary/aromatic N) is 2. The Morgan fingerprint density at radius 2 is 1.97 bits per heavy atom. The van der Waals surface area contributed by atoms with Crippen LogP contribution in [0.4, 0.5) is 13.2 Å². The summed E-state index contributed by atoms with van der Waals surface area (Å²) in [5, 5.41) is 9.62. The fraction of sp³-hybridized carbons (Fsp3) is 0.211. The number of hydrazine groups is 1. The van der Waals surface area contributed by atoms with E-state index in [2.05, 4.69) is 10.4 Å². The van der Waals surface area contributed by atoms with E-state index in [0.717, 1.165) is 0 Å². The van der Waals surface area contributed by atoms with Gasteiger partial charge in [0.05, 0.1) is 16.7 Å². The van der Waals surface area contributed by atoms with Gasteiger partial charge in [-0.2, -0.15) is 18.4 Å². The second kappa shape index (κ2) is 8.42. The minimum Gasteiger partial charge on any atom is -0.455 e. The third-order valence-corrected chi connectivity index (χ3v) is 4.74. The maximum Gasteiger partial charge on any atom is 0.419 e. The van der Waals surface area contributed by atoms with E-state index in [1.165, 1.54) is 24.3 Å². The Balaban J connectivity index is 1.91. The van der Waals surface area contributed by atoms with E-state index >= 15 is 0 Å². The molecule has 0 spiro atoms. The molecule has 30 heavy (non-hydrogen) atoms. The van der Waals surface area contributed by atoms with Crippen LogP contribution < -0.4 is 15.6 Å². The van der Waals surface area contributed by atoms with Gasteiger partial charge in [-0.1, -0.05) is 29.3 Å². The highest BCUT2D eigenvalue weighted by molar-refractivity contribution is 6.32. The largest absolute Gasteiger partial charge is 0.455 e. The third-order valence-electron chi connectivity index (χ3n) is 4.22. The number of alkyl halides is 3. The Labute approximate surface area is 179 Å². The molecule has 1 aliphatic rings. The number of rotatable bonds is 4. The first-order chi connectivity index (χ1) is 14.1. The molecule has 0 saturated heterocycles. The van der Waals surface area contributed by atoms with E-state index in [1.807, 2.05) is 11.5 Å². The summed E-state index contributed by atoms with van der Waals surface area (Å²) >= 11 is 12.2. The fourth-order valence-electron chi connectivity index (χ4n) is 2.76. The molecule has 0 bridgehead atoms. The van der Waals surface area contributed by atoms with E-state index in [1.54, 1.807) is 13.0 Å². The molecule has 0 fully saturated rings. The maximum atomic E-state index is 13.0. The number of carbonyl (C=O) groups is 1. The topological polar surface area (TPSA) is 86.5 Å². The van der Waals surface area contributed by atoms with Crippen molar-refractivity contribution < 1.29 is 22.7 Å². The minimum absolute atomic E-state index is 0.0365. The van der Waals surface area contributed by atoms with Gasteiger partial charge in [-0.15, -0.1) is 0 Å². The quantitative estimate of drug-likeness (QED) is 0.710. The number of ether oxygens (including phenoxy) is 1. The van der Waals surface area contributed by atoms with E-state index in [0.29, 0.717) is 16.1 Å². The van der Waals surface area contributed by atoms with E-state index in [-0.39, 0.29) is 34.3 Å². The summed E-state index contributed by atoms with van der Waals surface area (Å²) < 4.78 is 44.7. The molecule has 156 valence electrons. The van der Waals surface area contributed by atoms with Crippen molar-refractivity contribution in [2.75, 3.05) is 0 Å². The monoisotopic (exact) mass is 456 g/mol. The number of amidine groups is 1. The number of benzene rings is 2. The standard InChI is InChI=1S/C19H13Cl2F3N4O2/c1-9-11(6-15-26-17(19(22,23)24)18(29)28-27-15)2-3-14(21)16(9)30-13-5-10(8-25)4-12(20)7-13/h2-5,7,17H,6H2,1H3,(H,26,27)(H,28,29). The van der Waals surface area contributed by atoms with E-state index < -0.39 is 18.1 Å². The van der Waals surface area contributed by atoms with Crippen molar-refractivity contribution in [3.8, 4) is 17.6 Å². The van der Waals surface area contributed by atoms with Crippen LogP contribution in [0.1, 0.15) is 16.7 Å². The Morgan fingerprint density at radius 3 is 2.63 bits per heavy atom. The summed E-state index contributed by atoms with van der Waals surface area (Å²) in [6.45, 7) is 1.68. The highest BCUT2D eigenvalue weighted by Crippen LogP contribution is 2.36. The number of carbonyl (C=O) groups excluding carboxylic acids is 1. The SMILES string of the molecule is Cc1c(CC2=NC(C(F)(F)F)C(=O)NN2)ccc(Cl)c1Oc1cc(Cl)cc(C#N)c1. The van der Waals surface area contributed by atoms with Gasteiger partial charge in [0.25, 0.3) is 5.91 Å². The molecule has 6 nitrogen and oxygen atoms in total. The molecular weight excluding hydrogens is 444 g/mol. The molecule has 0 radical (unpaired) electrons. The van der Waals surface area contributed by atoms with Crippen molar-refractivity contribution in [1.82, 2.24) is 10.9 Å². The Hall–Kier alpha value is -2.96. The van der Waals surface area contributed by atoms with Gasteiger partial charge >= 0.3 is 6.18 Å². The molecule has 1 atom stereocenters. The normalized spacial score (nSPS) is 16.2. The van der Waals surface area contributed by atoms with Crippen LogP contribution in [0.5, 0.6) is 11.5 Å². The summed E-state index contributed by atoms with van der Waals surface area (Å²) in [5.41, 5.74) is 5.75. The second-order valence-corrected chi connectivity index (χ2v) is 7.20. The molecule has 0 saturated carbocycles. The zero-order chi connectivity index (χ0) is 22.1. The number of nitrogens with one attached hydrogen (secondary N) is 2. The number of amides is 1. The van der Waals surface area contributed by atoms with Crippen LogP contribution in [0.25, 0.3) is 0 Å². The summed E-state index contributed by atoms with van der Waals surface area (Å²) in [7, 11) is 0. The highest BCUT2D eigenvalue weighted by atomic mass is 35.5. The highest BCUT2D eigenvalue weighted by Gasteiger charge is 2.46. The van der Waals surface area contributed by atoms with Crippen LogP contribution in [-0.2, 0) is 11.2 Å². The maximum absolute atomic E-state index is 13.0. The smallest absolute Gasteiger partial charge is 0.419 e. The molecule has 1 aliphatic heterocycles. The summed E-state index contributed by atoms with van der Waals surface area (Å²) in [6.07, 6.45) is -4.84.